The SMILES string of the molecule is COc1ccccc1CC(C)(N)c1ccc(Br)cc1Cl. The summed E-state index contributed by atoms with van der Waals surface area (Å²) in [5.74, 6) is 0.845. The van der Waals surface area contributed by atoms with Gasteiger partial charge in [-0.1, -0.05) is 51.8 Å². The molecule has 0 aliphatic heterocycles. The van der Waals surface area contributed by atoms with Gasteiger partial charge in [-0.15, -0.1) is 0 Å². The first-order chi connectivity index (χ1) is 9.44. The molecule has 0 spiro atoms. The van der Waals surface area contributed by atoms with E-state index in [9.17, 15) is 0 Å². The lowest BCUT2D eigenvalue weighted by Crippen LogP contribution is -2.36. The lowest BCUT2D eigenvalue weighted by atomic mass is 9.86. The fourth-order valence-electron chi connectivity index (χ4n) is 2.29. The molecule has 0 fully saturated rings. The molecule has 20 heavy (non-hydrogen) atoms. The molecule has 2 aromatic carbocycles. The molecule has 0 radical (unpaired) electrons. The van der Waals surface area contributed by atoms with Gasteiger partial charge >= 0.3 is 0 Å². The second kappa shape index (κ2) is 6.17. The third-order valence-electron chi connectivity index (χ3n) is 3.30. The number of hydrogen-bond donors (Lipinski definition) is 1. The molecule has 0 aromatic heterocycles. The number of ether oxygens (including phenoxy) is 1. The summed E-state index contributed by atoms with van der Waals surface area (Å²) in [5, 5.41) is 0.666. The van der Waals surface area contributed by atoms with E-state index < -0.39 is 5.54 Å². The van der Waals surface area contributed by atoms with Gasteiger partial charge in [-0.2, -0.15) is 0 Å². The van der Waals surface area contributed by atoms with Crippen molar-refractivity contribution in [2.45, 2.75) is 18.9 Å². The second-order valence-corrected chi connectivity index (χ2v) is 6.35. The summed E-state index contributed by atoms with van der Waals surface area (Å²) in [7, 11) is 1.67. The summed E-state index contributed by atoms with van der Waals surface area (Å²) in [5.41, 5.74) is 7.92. The molecule has 1 atom stereocenters. The van der Waals surface area contributed by atoms with Crippen molar-refractivity contribution in [2.75, 3.05) is 7.11 Å². The molecule has 106 valence electrons. The summed E-state index contributed by atoms with van der Waals surface area (Å²) in [6, 6.07) is 13.7. The number of methoxy groups -OCH3 is 1. The van der Waals surface area contributed by atoms with Crippen molar-refractivity contribution in [1.29, 1.82) is 0 Å². The van der Waals surface area contributed by atoms with Gasteiger partial charge in [0.1, 0.15) is 5.75 Å². The van der Waals surface area contributed by atoms with Gasteiger partial charge in [0.15, 0.2) is 0 Å². The average molecular weight is 355 g/mol. The zero-order valence-corrected chi connectivity index (χ0v) is 13.8. The highest BCUT2D eigenvalue weighted by atomic mass is 79.9. The Morgan fingerprint density at radius 1 is 1.25 bits per heavy atom. The highest BCUT2D eigenvalue weighted by Gasteiger charge is 2.25. The highest BCUT2D eigenvalue weighted by molar-refractivity contribution is 9.10. The van der Waals surface area contributed by atoms with Crippen molar-refractivity contribution >= 4 is 27.5 Å². The van der Waals surface area contributed by atoms with Crippen LogP contribution in [0.15, 0.2) is 46.9 Å². The Bertz CT molecular complexity index is 613. The van der Waals surface area contributed by atoms with Crippen molar-refractivity contribution in [3.8, 4) is 5.75 Å². The van der Waals surface area contributed by atoms with E-state index in [1.165, 1.54) is 0 Å². The van der Waals surface area contributed by atoms with Crippen LogP contribution in [0.1, 0.15) is 18.1 Å². The molecule has 1 unspecified atom stereocenters. The fourth-order valence-corrected chi connectivity index (χ4v) is 3.18. The number of benzene rings is 2. The van der Waals surface area contributed by atoms with Gasteiger partial charge in [0.2, 0.25) is 0 Å². The van der Waals surface area contributed by atoms with E-state index in [1.807, 2.05) is 49.4 Å². The van der Waals surface area contributed by atoms with Gasteiger partial charge in [0, 0.05) is 15.0 Å². The molecular weight excluding hydrogens is 338 g/mol. The van der Waals surface area contributed by atoms with E-state index in [0.717, 1.165) is 21.3 Å². The van der Waals surface area contributed by atoms with Crippen LogP contribution in [0.3, 0.4) is 0 Å². The van der Waals surface area contributed by atoms with Gasteiger partial charge in [0.25, 0.3) is 0 Å². The maximum absolute atomic E-state index is 6.49. The summed E-state index contributed by atoms with van der Waals surface area (Å²) in [6.45, 7) is 1.98. The van der Waals surface area contributed by atoms with Crippen molar-refractivity contribution in [3.63, 3.8) is 0 Å². The summed E-state index contributed by atoms with van der Waals surface area (Å²) >= 11 is 9.72. The van der Waals surface area contributed by atoms with E-state index >= 15 is 0 Å². The van der Waals surface area contributed by atoms with Crippen LogP contribution in [0.4, 0.5) is 0 Å². The van der Waals surface area contributed by atoms with Crippen LogP contribution in [-0.4, -0.2) is 7.11 Å². The molecule has 0 aliphatic carbocycles. The first kappa shape index (κ1) is 15.4. The van der Waals surface area contributed by atoms with Crippen LogP contribution in [0.25, 0.3) is 0 Å². The van der Waals surface area contributed by atoms with Crippen LogP contribution < -0.4 is 10.5 Å². The zero-order chi connectivity index (χ0) is 14.8. The number of nitrogens with two attached hydrogens (primary N) is 1. The molecule has 4 heteroatoms. The average Bonchev–Trinajstić information content (AvgIpc) is 2.38. The van der Waals surface area contributed by atoms with Crippen LogP contribution in [-0.2, 0) is 12.0 Å². The molecule has 2 N–H and O–H groups in total. The summed E-state index contributed by atoms with van der Waals surface area (Å²) < 4.78 is 6.32. The topological polar surface area (TPSA) is 35.2 Å². The smallest absolute Gasteiger partial charge is 0.122 e. The molecule has 2 aromatic rings. The number of hydrogen-bond acceptors (Lipinski definition) is 2. The van der Waals surface area contributed by atoms with Crippen molar-refractivity contribution < 1.29 is 4.74 Å². The zero-order valence-electron chi connectivity index (χ0n) is 11.5. The van der Waals surface area contributed by atoms with Gasteiger partial charge in [-0.25, -0.2) is 0 Å². The lowest BCUT2D eigenvalue weighted by Gasteiger charge is -2.27. The minimum Gasteiger partial charge on any atom is -0.496 e. The maximum atomic E-state index is 6.49. The number of rotatable bonds is 4. The Kier molecular flexibility index (Phi) is 4.74. The highest BCUT2D eigenvalue weighted by Crippen LogP contribution is 2.33. The van der Waals surface area contributed by atoms with Crippen LogP contribution in [0, 0.1) is 0 Å². The maximum Gasteiger partial charge on any atom is 0.122 e. The third-order valence-corrected chi connectivity index (χ3v) is 4.10. The lowest BCUT2D eigenvalue weighted by molar-refractivity contribution is 0.400. The van der Waals surface area contributed by atoms with Gasteiger partial charge in [-0.05, 0) is 42.7 Å². The molecular formula is C16H17BrClNO. The largest absolute Gasteiger partial charge is 0.496 e. The Hall–Kier alpha value is -1.03. The fraction of sp³-hybridized carbons (Fsp3) is 0.250. The molecule has 2 rings (SSSR count). The van der Waals surface area contributed by atoms with Gasteiger partial charge in [-0.3, -0.25) is 0 Å². The predicted octanol–water partition coefficient (Wildman–Crippen LogP) is 4.53. The molecule has 0 amide bonds. The standard InChI is InChI=1S/C16H17BrClNO/c1-16(19,13-8-7-12(17)9-14(13)18)10-11-5-3-4-6-15(11)20-2/h3-9H,10,19H2,1-2H3. The van der Waals surface area contributed by atoms with Gasteiger partial charge in [0.05, 0.1) is 7.11 Å². The minimum atomic E-state index is -0.563. The number of halogens is 2. The van der Waals surface area contributed by atoms with Crippen LogP contribution >= 0.6 is 27.5 Å². The van der Waals surface area contributed by atoms with Crippen LogP contribution in [0.2, 0.25) is 5.02 Å². The minimum absolute atomic E-state index is 0.563. The predicted molar refractivity (Wildman–Crippen MR) is 87.4 cm³/mol. The third kappa shape index (κ3) is 3.35. The van der Waals surface area contributed by atoms with Gasteiger partial charge < -0.3 is 10.5 Å². The Balaban J connectivity index is 2.35. The molecule has 2 nitrogen and oxygen atoms in total. The first-order valence-electron chi connectivity index (χ1n) is 6.30. The monoisotopic (exact) mass is 353 g/mol. The van der Waals surface area contributed by atoms with Crippen molar-refractivity contribution in [3.05, 3.63) is 63.1 Å². The normalized spacial score (nSPS) is 13.8. The van der Waals surface area contributed by atoms with Crippen molar-refractivity contribution in [2.24, 2.45) is 5.73 Å². The number of para-hydroxylation sites is 1. The van der Waals surface area contributed by atoms with E-state index in [-0.39, 0.29) is 0 Å². The van der Waals surface area contributed by atoms with E-state index in [2.05, 4.69) is 15.9 Å². The Morgan fingerprint density at radius 3 is 2.60 bits per heavy atom. The van der Waals surface area contributed by atoms with Crippen LogP contribution in [0.5, 0.6) is 5.75 Å². The van der Waals surface area contributed by atoms with Crippen molar-refractivity contribution in [1.82, 2.24) is 0 Å². The summed E-state index contributed by atoms with van der Waals surface area (Å²) in [4.78, 5) is 0. The molecule has 0 heterocycles. The Morgan fingerprint density at radius 2 is 1.95 bits per heavy atom. The molecule has 0 aliphatic rings. The second-order valence-electron chi connectivity index (χ2n) is 5.03. The molecule has 0 saturated carbocycles. The van der Waals surface area contributed by atoms with E-state index in [0.29, 0.717) is 11.4 Å². The Labute approximate surface area is 133 Å². The summed E-state index contributed by atoms with van der Waals surface area (Å²) in [6.07, 6.45) is 0.651. The first-order valence-corrected chi connectivity index (χ1v) is 7.47. The van der Waals surface area contributed by atoms with E-state index in [1.54, 1.807) is 7.11 Å². The molecule has 0 bridgehead atoms. The quantitative estimate of drug-likeness (QED) is 0.875. The van der Waals surface area contributed by atoms with E-state index in [4.69, 9.17) is 22.1 Å². The molecule has 0 saturated heterocycles.